The molecule has 8 rings (SSSR count). The summed E-state index contributed by atoms with van der Waals surface area (Å²) in [6.45, 7) is 2.40. The van der Waals surface area contributed by atoms with Gasteiger partial charge in [-0.1, -0.05) is 18.2 Å². The molecule has 9 nitrogen and oxygen atoms in total. The smallest absolute Gasteiger partial charge is 0.208 e. The molecule has 2 atom stereocenters. The third-order valence-corrected chi connectivity index (χ3v) is 11.8. The van der Waals surface area contributed by atoms with Crippen LogP contribution in [0.2, 0.25) is 0 Å². The van der Waals surface area contributed by atoms with E-state index in [9.17, 15) is 5.11 Å². The van der Waals surface area contributed by atoms with E-state index in [2.05, 4.69) is 54.2 Å². The summed E-state index contributed by atoms with van der Waals surface area (Å²) in [5, 5.41) is 11.8. The van der Waals surface area contributed by atoms with Crippen molar-refractivity contribution in [2.45, 2.75) is 41.9 Å². The van der Waals surface area contributed by atoms with Crippen molar-refractivity contribution >= 4 is 25.3 Å². The van der Waals surface area contributed by atoms with Gasteiger partial charge in [-0.25, -0.2) is 0 Å². The molecular weight excluding hydrogens is 685 g/mol. The zero-order chi connectivity index (χ0) is 36.1. The van der Waals surface area contributed by atoms with Gasteiger partial charge in [0.25, 0.3) is 0 Å². The van der Waals surface area contributed by atoms with E-state index in [4.69, 9.17) is 53.7 Å². The lowest BCUT2D eigenvalue weighted by atomic mass is 9.85. The molecule has 0 aromatic heterocycles. The van der Waals surface area contributed by atoms with Gasteiger partial charge in [0.15, 0.2) is 23.0 Å². The summed E-state index contributed by atoms with van der Waals surface area (Å²) in [5.41, 5.74) is 6.67. The summed E-state index contributed by atoms with van der Waals surface area (Å²) in [6.07, 6.45) is 2.51. The Morgan fingerprint density at radius 2 is 1.49 bits per heavy atom. The zero-order valence-corrected chi connectivity index (χ0v) is 31.8. The molecule has 0 saturated carbocycles. The first-order valence-corrected chi connectivity index (χ1v) is 18.0. The number of rotatable bonds is 4. The summed E-state index contributed by atoms with van der Waals surface area (Å²) >= 11 is 11.0. The summed E-state index contributed by atoms with van der Waals surface area (Å²) in [6, 6.07) is 18.5. The van der Waals surface area contributed by atoms with E-state index >= 15 is 0 Å². The number of phenols is 1. The van der Waals surface area contributed by atoms with E-state index in [0.717, 1.165) is 57.8 Å². The Morgan fingerprint density at radius 1 is 0.765 bits per heavy atom. The Hall–Kier alpha value is -3.90. The molecule has 4 aromatic rings. The quantitative estimate of drug-likeness (QED) is 0.197. The first-order valence-electron chi connectivity index (χ1n) is 17.1. The monoisotopic (exact) mass is 730 g/mol. The van der Waals surface area contributed by atoms with Crippen LogP contribution in [0.4, 0.5) is 0 Å². The molecular formula is C40H46N2O7S2. The molecule has 0 saturated heterocycles. The van der Waals surface area contributed by atoms with Gasteiger partial charge in [0.1, 0.15) is 18.1 Å². The minimum atomic E-state index is -0.854. The van der Waals surface area contributed by atoms with Gasteiger partial charge in [0.2, 0.25) is 11.5 Å². The second kappa shape index (κ2) is 13.9. The number of thiol groups is 2. The molecule has 4 aromatic carbocycles. The zero-order valence-electron chi connectivity index (χ0n) is 30.0. The molecule has 0 spiro atoms. The lowest BCUT2D eigenvalue weighted by Gasteiger charge is -2.44. The summed E-state index contributed by atoms with van der Waals surface area (Å²) in [7, 11) is 10.6. The highest BCUT2D eigenvalue weighted by Crippen LogP contribution is 2.57. The molecule has 51 heavy (non-hydrogen) atoms. The predicted molar refractivity (Wildman–Crippen MR) is 204 cm³/mol. The molecule has 270 valence electrons. The van der Waals surface area contributed by atoms with Gasteiger partial charge >= 0.3 is 0 Å². The largest absolute Gasteiger partial charge is 0.504 e. The second-order valence-electron chi connectivity index (χ2n) is 13.8. The Morgan fingerprint density at radius 3 is 2.20 bits per heavy atom. The summed E-state index contributed by atoms with van der Waals surface area (Å²) in [4.78, 5) is 3.86. The van der Waals surface area contributed by atoms with Crippen LogP contribution in [-0.2, 0) is 41.9 Å². The van der Waals surface area contributed by atoms with E-state index in [0.29, 0.717) is 61.8 Å². The highest BCUT2D eigenvalue weighted by molar-refractivity contribution is 7.81. The number of ether oxygens (including phenoxy) is 6. The van der Waals surface area contributed by atoms with Crippen LogP contribution in [0, 0.1) is 0 Å². The van der Waals surface area contributed by atoms with Crippen LogP contribution in [0.25, 0.3) is 0 Å². The van der Waals surface area contributed by atoms with Crippen molar-refractivity contribution in [2.24, 2.45) is 0 Å². The fraction of sp³-hybridized carbons (Fsp3) is 0.400. The normalized spacial score (nSPS) is 21.9. The van der Waals surface area contributed by atoms with E-state index in [-0.39, 0.29) is 17.2 Å². The molecule has 4 heterocycles. The van der Waals surface area contributed by atoms with Gasteiger partial charge in [0, 0.05) is 42.7 Å². The molecule has 6 bridgehead atoms. The maximum absolute atomic E-state index is 11.8. The Bertz CT molecular complexity index is 1950. The van der Waals surface area contributed by atoms with Gasteiger partial charge in [0.05, 0.1) is 38.1 Å². The molecule has 0 radical (unpaired) electrons. The van der Waals surface area contributed by atoms with E-state index < -0.39 is 9.62 Å². The van der Waals surface area contributed by atoms with E-state index in [1.807, 2.05) is 24.3 Å². The molecule has 11 heteroatoms. The number of fused-ring (bicyclic) bond motifs is 3. The fourth-order valence-electron chi connectivity index (χ4n) is 7.96. The van der Waals surface area contributed by atoms with Crippen LogP contribution in [0.1, 0.15) is 38.9 Å². The van der Waals surface area contributed by atoms with Crippen molar-refractivity contribution in [3.8, 4) is 46.0 Å². The van der Waals surface area contributed by atoms with Gasteiger partial charge in [-0.15, -0.1) is 0 Å². The molecule has 0 fully saturated rings. The number of likely N-dealkylation sites (N-methyl/N-ethyl adjacent to an activating group) is 2. The van der Waals surface area contributed by atoms with Crippen LogP contribution in [0.5, 0.6) is 46.0 Å². The summed E-state index contributed by atoms with van der Waals surface area (Å²) < 4.78 is 36.2. The third-order valence-electron chi connectivity index (χ3n) is 10.6. The Balaban J connectivity index is 1.52. The number of hydrogen-bond donors (Lipinski definition) is 3. The third kappa shape index (κ3) is 6.32. The lowest BCUT2D eigenvalue weighted by molar-refractivity contribution is 0.196. The second-order valence-corrected chi connectivity index (χ2v) is 15.4. The standard InChI is InChI=1S/C40H46N2O7S2/c1-41-15-14-29-34-36(38(47-6)37(46-5)35(29)43)49-33-19-30-26(18-32(33)45-4)13-16-42(2)40(30,51)21-24-7-10-28(11-8-24)48-22-27-17-25(9-12-31(27)44-3)20-39(34,50)23-41/h7-12,17-19,43,50-51H,13-16,20-23H2,1-6H3. The SMILES string of the molecule is COc1ccc2cc1COc1ccc(cc1)CC1(S)c3cc(c(OC)cc3CCN1C)Oc1c(OC)c(OC)c(O)c3c1C(S)(C2)CN(C)CC3. The first kappa shape index (κ1) is 35.5. The van der Waals surface area contributed by atoms with Gasteiger partial charge < -0.3 is 38.4 Å². The van der Waals surface area contributed by atoms with Crippen LogP contribution >= 0.6 is 25.3 Å². The average molecular weight is 731 g/mol. The van der Waals surface area contributed by atoms with Crippen LogP contribution in [-0.4, -0.2) is 77.1 Å². The fourth-order valence-corrected chi connectivity index (χ4v) is 9.11. The minimum Gasteiger partial charge on any atom is -0.504 e. The Labute approximate surface area is 311 Å². The maximum Gasteiger partial charge on any atom is 0.208 e. The average Bonchev–Trinajstić information content (AvgIpc) is 3.25. The number of benzene rings is 4. The van der Waals surface area contributed by atoms with Crippen LogP contribution in [0.15, 0.2) is 54.6 Å². The maximum atomic E-state index is 11.8. The number of nitrogens with zero attached hydrogens (tertiary/aromatic N) is 2. The van der Waals surface area contributed by atoms with Crippen molar-refractivity contribution in [3.63, 3.8) is 0 Å². The molecule has 1 N–H and O–H groups in total. The first-order chi connectivity index (χ1) is 24.5. The molecule has 2 unspecified atom stereocenters. The van der Waals surface area contributed by atoms with Crippen molar-refractivity contribution in [3.05, 3.63) is 93.5 Å². The van der Waals surface area contributed by atoms with Gasteiger partial charge in [-0.2, -0.15) is 25.3 Å². The molecule has 0 amide bonds. The summed E-state index contributed by atoms with van der Waals surface area (Å²) in [5.74, 6) is 3.51. The van der Waals surface area contributed by atoms with Crippen molar-refractivity contribution < 1.29 is 33.5 Å². The highest BCUT2D eigenvalue weighted by Gasteiger charge is 2.43. The van der Waals surface area contributed by atoms with Crippen LogP contribution in [0.3, 0.4) is 0 Å². The highest BCUT2D eigenvalue weighted by atomic mass is 32.1. The minimum absolute atomic E-state index is 0.0190. The number of hydrogen-bond acceptors (Lipinski definition) is 11. The topological polar surface area (TPSA) is 82.1 Å². The lowest BCUT2D eigenvalue weighted by Crippen LogP contribution is -2.46. The van der Waals surface area contributed by atoms with Crippen molar-refractivity contribution in [1.29, 1.82) is 0 Å². The molecule has 4 aliphatic heterocycles. The van der Waals surface area contributed by atoms with Crippen molar-refractivity contribution in [2.75, 3.05) is 62.2 Å². The number of methoxy groups -OCH3 is 4. The van der Waals surface area contributed by atoms with E-state index in [1.54, 1.807) is 21.3 Å². The molecule has 4 aliphatic rings. The number of phenolic OH excluding ortho intramolecular Hbond substituents is 1. The predicted octanol–water partition coefficient (Wildman–Crippen LogP) is 6.78. The van der Waals surface area contributed by atoms with Gasteiger partial charge in [-0.3, -0.25) is 4.90 Å². The van der Waals surface area contributed by atoms with E-state index in [1.165, 1.54) is 7.11 Å². The van der Waals surface area contributed by atoms with Crippen LogP contribution < -0.4 is 28.4 Å². The molecule has 0 aliphatic carbocycles. The van der Waals surface area contributed by atoms with Gasteiger partial charge in [-0.05, 0) is 92.0 Å². The van der Waals surface area contributed by atoms with Crippen molar-refractivity contribution in [1.82, 2.24) is 9.80 Å². The Kier molecular flexibility index (Phi) is 9.68. The number of aromatic hydroxyl groups is 1.